The van der Waals surface area contributed by atoms with Gasteiger partial charge < -0.3 is 19.5 Å². The molecule has 0 saturated carbocycles. The number of nitrogens with one attached hydrogen (secondary N) is 1. The first-order valence-corrected chi connectivity index (χ1v) is 9.69. The molecule has 0 bridgehead atoms. The molecule has 0 fully saturated rings. The van der Waals surface area contributed by atoms with E-state index >= 15 is 0 Å². The Morgan fingerprint density at radius 2 is 1.81 bits per heavy atom. The number of thiophene rings is 2. The molecule has 1 N–H and O–H groups in total. The van der Waals surface area contributed by atoms with Crippen LogP contribution in [0.15, 0.2) is 47.2 Å². The fourth-order valence-electron chi connectivity index (χ4n) is 2.41. The standard InChI is InChI=1S/C19H17NO5S2/c1-23-13-6-3-4-7-14(13)25-10-16(21)20-18-17(19(22)24-2)12(11-27-18)15-8-5-9-26-15/h3-9,11H,10H2,1-2H3,(H,20,21). The summed E-state index contributed by atoms with van der Waals surface area (Å²) in [5.41, 5.74) is 1.08. The molecule has 0 aliphatic rings. The van der Waals surface area contributed by atoms with Crippen molar-refractivity contribution in [1.29, 1.82) is 0 Å². The molecule has 27 heavy (non-hydrogen) atoms. The Labute approximate surface area is 164 Å². The summed E-state index contributed by atoms with van der Waals surface area (Å²) >= 11 is 2.78. The van der Waals surface area contributed by atoms with Crippen molar-refractivity contribution in [1.82, 2.24) is 0 Å². The summed E-state index contributed by atoms with van der Waals surface area (Å²) in [4.78, 5) is 25.5. The Kier molecular flexibility index (Phi) is 6.10. The molecular weight excluding hydrogens is 386 g/mol. The minimum atomic E-state index is -0.499. The normalized spacial score (nSPS) is 10.3. The van der Waals surface area contributed by atoms with Crippen LogP contribution in [0.5, 0.6) is 11.5 Å². The van der Waals surface area contributed by atoms with Crippen LogP contribution in [0.4, 0.5) is 5.00 Å². The first-order chi connectivity index (χ1) is 13.1. The number of para-hydroxylation sites is 2. The Hall–Kier alpha value is -2.84. The predicted octanol–water partition coefficient (Wildman–Crippen LogP) is 4.29. The number of carbonyl (C=O) groups is 2. The lowest BCUT2D eigenvalue weighted by molar-refractivity contribution is -0.118. The second kappa shape index (κ2) is 8.70. The van der Waals surface area contributed by atoms with Crippen LogP contribution in [-0.4, -0.2) is 32.7 Å². The molecule has 2 heterocycles. The smallest absolute Gasteiger partial charge is 0.341 e. The van der Waals surface area contributed by atoms with Gasteiger partial charge in [-0.1, -0.05) is 18.2 Å². The first kappa shape index (κ1) is 18.9. The van der Waals surface area contributed by atoms with Crippen LogP contribution in [0.3, 0.4) is 0 Å². The molecule has 2 aromatic heterocycles. The van der Waals surface area contributed by atoms with Gasteiger partial charge in [-0.05, 0) is 23.6 Å². The van der Waals surface area contributed by atoms with E-state index < -0.39 is 5.97 Å². The van der Waals surface area contributed by atoms with Crippen LogP contribution in [0.25, 0.3) is 10.4 Å². The molecule has 1 amide bonds. The first-order valence-electron chi connectivity index (χ1n) is 7.93. The number of esters is 1. The van der Waals surface area contributed by atoms with Crippen LogP contribution in [0.2, 0.25) is 0 Å². The summed E-state index contributed by atoms with van der Waals surface area (Å²) in [6, 6.07) is 10.9. The highest BCUT2D eigenvalue weighted by molar-refractivity contribution is 7.17. The van der Waals surface area contributed by atoms with Gasteiger partial charge in [0.25, 0.3) is 5.91 Å². The van der Waals surface area contributed by atoms with E-state index in [4.69, 9.17) is 14.2 Å². The lowest BCUT2D eigenvalue weighted by Crippen LogP contribution is -2.21. The van der Waals surface area contributed by atoms with E-state index in [2.05, 4.69) is 5.32 Å². The van der Waals surface area contributed by atoms with Gasteiger partial charge in [-0.25, -0.2) is 4.79 Å². The molecule has 8 heteroatoms. The Morgan fingerprint density at radius 3 is 2.48 bits per heavy atom. The monoisotopic (exact) mass is 403 g/mol. The van der Waals surface area contributed by atoms with Crippen molar-refractivity contribution in [3.8, 4) is 21.9 Å². The van der Waals surface area contributed by atoms with E-state index in [1.54, 1.807) is 18.2 Å². The molecule has 3 aromatic rings. The molecule has 3 rings (SSSR count). The number of rotatable bonds is 7. The quantitative estimate of drug-likeness (QED) is 0.596. The Bertz CT molecular complexity index is 933. The van der Waals surface area contributed by atoms with Crippen molar-refractivity contribution in [3.05, 3.63) is 52.7 Å². The van der Waals surface area contributed by atoms with E-state index in [-0.39, 0.29) is 12.5 Å². The Balaban J connectivity index is 1.75. The van der Waals surface area contributed by atoms with Crippen molar-refractivity contribution < 1.29 is 23.8 Å². The highest BCUT2D eigenvalue weighted by atomic mass is 32.1. The zero-order valence-electron chi connectivity index (χ0n) is 14.7. The fourth-order valence-corrected chi connectivity index (χ4v) is 4.20. The van der Waals surface area contributed by atoms with Gasteiger partial charge >= 0.3 is 5.97 Å². The number of carbonyl (C=O) groups excluding carboxylic acids is 2. The fraction of sp³-hybridized carbons (Fsp3) is 0.158. The summed E-state index contributed by atoms with van der Waals surface area (Å²) in [5.74, 6) is 0.122. The second-order valence-corrected chi connectivity index (χ2v) is 7.14. The highest BCUT2D eigenvalue weighted by Crippen LogP contribution is 2.38. The zero-order chi connectivity index (χ0) is 19.2. The average Bonchev–Trinajstić information content (AvgIpc) is 3.35. The average molecular weight is 403 g/mol. The molecule has 140 valence electrons. The number of benzene rings is 1. The van der Waals surface area contributed by atoms with Crippen LogP contribution < -0.4 is 14.8 Å². The van der Waals surface area contributed by atoms with Crippen molar-refractivity contribution in [2.24, 2.45) is 0 Å². The van der Waals surface area contributed by atoms with Gasteiger partial charge in [0.15, 0.2) is 18.1 Å². The zero-order valence-corrected chi connectivity index (χ0v) is 16.3. The molecular formula is C19H17NO5S2. The molecule has 0 unspecified atom stereocenters. The van der Waals surface area contributed by atoms with Crippen molar-refractivity contribution in [2.45, 2.75) is 0 Å². The molecule has 0 saturated heterocycles. The number of amides is 1. The summed E-state index contributed by atoms with van der Waals surface area (Å²) in [6.07, 6.45) is 0. The number of anilines is 1. The summed E-state index contributed by atoms with van der Waals surface area (Å²) in [6.45, 7) is -0.215. The maximum atomic E-state index is 12.3. The molecule has 0 spiro atoms. The SMILES string of the molecule is COC(=O)c1c(-c2cccs2)csc1NC(=O)COc1ccccc1OC. The van der Waals surface area contributed by atoms with E-state index in [0.29, 0.717) is 22.1 Å². The van der Waals surface area contributed by atoms with Crippen LogP contribution >= 0.6 is 22.7 Å². The summed E-state index contributed by atoms with van der Waals surface area (Å²) in [5, 5.41) is 6.92. The van der Waals surface area contributed by atoms with Gasteiger partial charge in [-0.3, -0.25) is 4.79 Å². The number of ether oxygens (including phenoxy) is 3. The third-order valence-corrected chi connectivity index (χ3v) is 5.45. The molecule has 6 nitrogen and oxygen atoms in total. The topological polar surface area (TPSA) is 73.9 Å². The van der Waals surface area contributed by atoms with Gasteiger partial charge in [0.1, 0.15) is 10.6 Å². The Morgan fingerprint density at radius 1 is 1.04 bits per heavy atom. The third kappa shape index (κ3) is 4.29. The van der Waals surface area contributed by atoms with Crippen molar-refractivity contribution in [3.63, 3.8) is 0 Å². The molecule has 0 radical (unpaired) electrons. The van der Waals surface area contributed by atoms with Gasteiger partial charge in [-0.15, -0.1) is 22.7 Å². The predicted molar refractivity (Wildman–Crippen MR) is 106 cm³/mol. The van der Waals surface area contributed by atoms with Crippen LogP contribution in [0, 0.1) is 0 Å². The lowest BCUT2D eigenvalue weighted by Gasteiger charge is -2.10. The largest absolute Gasteiger partial charge is 0.493 e. The molecule has 0 atom stereocenters. The van der Waals surface area contributed by atoms with Gasteiger partial charge in [0, 0.05) is 15.8 Å². The minimum Gasteiger partial charge on any atom is -0.493 e. The number of hydrogen-bond acceptors (Lipinski definition) is 7. The molecule has 0 aliphatic heterocycles. The number of methoxy groups -OCH3 is 2. The minimum absolute atomic E-state index is 0.215. The summed E-state index contributed by atoms with van der Waals surface area (Å²) < 4.78 is 15.6. The van der Waals surface area contributed by atoms with E-state index in [1.807, 2.05) is 29.0 Å². The maximum absolute atomic E-state index is 12.3. The van der Waals surface area contributed by atoms with E-state index in [0.717, 1.165) is 10.4 Å². The highest BCUT2D eigenvalue weighted by Gasteiger charge is 2.23. The third-order valence-electron chi connectivity index (χ3n) is 3.65. The molecule has 0 aliphatic carbocycles. The van der Waals surface area contributed by atoms with Crippen LogP contribution in [-0.2, 0) is 9.53 Å². The van der Waals surface area contributed by atoms with Gasteiger partial charge in [0.05, 0.1) is 14.2 Å². The van der Waals surface area contributed by atoms with E-state index in [9.17, 15) is 9.59 Å². The van der Waals surface area contributed by atoms with Crippen LogP contribution in [0.1, 0.15) is 10.4 Å². The lowest BCUT2D eigenvalue weighted by atomic mass is 10.1. The maximum Gasteiger partial charge on any atom is 0.341 e. The molecule has 1 aromatic carbocycles. The number of hydrogen-bond donors (Lipinski definition) is 1. The van der Waals surface area contributed by atoms with Crippen molar-refractivity contribution in [2.75, 3.05) is 26.1 Å². The van der Waals surface area contributed by atoms with Crippen molar-refractivity contribution >= 4 is 39.6 Å². The van der Waals surface area contributed by atoms with Gasteiger partial charge in [0.2, 0.25) is 0 Å². The summed E-state index contributed by atoms with van der Waals surface area (Å²) in [7, 11) is 2.84. The van der Waals surface area contributed by atoms with Gasteiger partial charge in [-0.2, -0.15) is 0 Å². The second-order valence-electron chi connectivity index (χ2n) is 5.31. The van der Waals surface area contributed by atoms with E-state index in [1.165, 1.54) is 36.9 Å².